The van der Waals surface area contributed by atoms with Gasteiger partial charge in [0.05, 0.1) is 0 Å². The molecule has 0 radical (unpaired) electrons. The molecule has 0 aromatic carbocycles. The Bertz CT molecular complexity index is 150. The molecule has 1 aromatic heterocycles. The Morgan fingerprint density at radius 3 is 2.00 bits per heavy atom. The molecule has 3 heteroatoms. The van der Waals surface area contributed by atoms with E-state index in [1.165, 1.54) is 12.7 Å². The molecule has 0 saturated carbocycles. The van der Waals surface area contributed by atoms with Crippen LogP contribution in [0.15, 0.2) is 12.7 Å². The van der Waals surface area contributed by atoms with Gasteiger partial charge in [0.15, 0.2) is 0 Å². The van der Waals surface area contributed by atoms with Gasteiger partial charge in [-0.05, 0) is 0 Å². The molecule has 0 fully saturated rings. The largest absolute Gasteiger partial charge is 0.225 e. The second kappa shape index (κ2) is 6.13. The molecule has 0 unspecified atom stereocenters. The molecule has 10 heavy (non-hydrogen) atoms. The maximum absolute atomic E-state index is 3.88. The zero-order chi connectivity index (χ0) is 7.82. The van der Waals surface area contributed by atoms with Crippen LogP contribution in [0, 0.1) is 0 Å². The number of hydrogen-bond donors (Lipinski definition) is 0. The highest BCUT2D eigenvalue weighted by atomic mass is 15.0. The fourth-order valence-corrected chi connectivity index (χ4v) is 0.446. The van der Waals surface area contributed by atoms with Gasteiger partial charge >= 0.3 is 0 Å². The lowest BCUT2D eigenvalue weighted by Gasteiger charge is -1.87. The fraction of sp³-hybridized carbons (Fsp3) is 0.571. The molecular formula is C7H13N3. The van der Waals surface area contributed by atoms with Gasteiger partial charge in [0.1, 0.15) is 18.5 Å². The van der Waals surface area contributed by atoms with Gasteiger partial charge in [-0.3, -0.25) is 0 Å². The minimum atomic E-state index is 0.847. The monoisotopic (exact) mass is 139 g/mol. The summed E-state index contributed by atoms with van der Waals surface area (Å²) in [6.45, 7) is 6.01. The van der Waals surface area contributed by atoms with E-state index in [-0.39, 0.29) is 0 Å². The van der Waals surface area contributed by atoms with Crippen molar-refractivity contribution in [1.82, 2.24) is 15.0 Å². The van der Waals surface area contributed by atoms with Gasteiger partial charge in [-0.2, -0.15) is 0 Å². The van der Waals surface area contributed by atoms with Gasteiger partial charge in [0.25, 0.3) is 0 Å². The molecule has 1 heterocycles. The molecular weight excluding hydrogens is 126 g/mol. The first-order chi connectivity index (χ1) is 4.93. The van der Waals surface area contributed by atoms with Crippen LogP contribution in [-0.4, -0.2) is 15.0 Å². The second-order valence-electron chi connectivity index (χ2n) is 1.41. The summed E-state index contributed by atoms with van der Waals surface area (Å²) in [5.41, 5.74) is 0. The summed E-state index contributed by atoms with van der Waals surface area (Å²) in [6, 6.07) is 0. The number of hydrogen-bond acceptors (Lipinski definition) is 3. The third kappa shape index (κ3) is 3.12. The molecule has 0 aliphatic carbocycles. The van der Waals surface area contributed by atoms with Gasteiger partial charge in [-0.1, -0.05) is 20.8 Å². The normalized spacial score (nSPS) is 7.90. The average Bonchev–Trinajstić information content (AvgIpc) is 2.10. The van der Waals surface area contributed by atoms with Crippen molar-refractivity contribution in [3.8, 4) is 0 Å². The van der Waals surface area contributed by atoms with E-state index in [1.807, 2.05) is 20.8 Å². The minimum absolute atomic E-state index is 0.847. The fourth-order valence-electron chi connectivity index (χ4n) is 0.446. The first-order valence-corrected chi connectivity index (χ1v) is 3.54. The predicted octanol–water partition coefficient (Wildman–Crippen LogP) is 1.46. The van der Waals surface area contributed by atoms with E-state index in [0.717, 1.165) is 12.2 Å². The highest BCUT2D eigenvalue weighted by molar-refractivity contribution is 4.78. The average molecular weight is 139 g/mol. The van der Waals surface area contributed by atoms with Gasteiger partial charge < -0.3 is 0 Å². The summed E-state index contributed by atoms with van der Waals surface area (Å²) in [5, 5.41) is 0. The molecule has 0 aliphatic rings. The summed E-state index contributed by atoms with van der Waals surface area (Å²) in [7, 11) is 0. The Hall–Kier alpha value is -0.990. The summed E-state index contributed by atoms with van der Waals surface area (Å²) < 4.78 is 0. The van der Waals surface area contributed by atoms with Crippen LogP contribution in [0.2, 0.25) is 0 Å². The second-order valence-corrected chi connectivity index (χ2v) is 1.41. The molecule has 0 amide bonds. The smallest absolute Gasteiger partial charge is 0.131 e. The van der Waals surface area contributed by atoms with E-state index in [9.17, 15) is 0 Å². The van der Waals surface area contributed by atoms with Crippen molar-refractivity contribution in [1.29, 1.82) is 0 Å². The molecule has 0 atom stereocenters. The molecule has 1 aromatic rings. The Labute approximate surface area is 61.6 Å². The van der Waals surface area contributed by atoms with Crippen LogP contribution >= 0.6 is 0 Å². The van der Waals surface area contributed by atoms with Crippen molar-refractivity contribution in [2.45, 2.75) is 27.2 Å². The van der Waals surface area contributed by atoms with Gasteiger partial charge in [0, 0.05) is 6.42 Å². The van der Waals surface area contributed by atoms with Crippen LogP contribution in [0.1, 0.15) is 26.6 Å². The van der Waals surface area contributed by atoms with Crippen molar-refractivity contribution in [2.75, 3.05) is 0 Å². The summed E-state index contributed by atoms with van der Waals surface area (Å²) in [5.74, 6) is 0.847. The zero-order valence-corrected chi connectivity index (χ0v) is 6.70. The molecule has 3 nitrogen and oxygen atoms in total. The van der Waals surface area contributed by atoms with Crippen LogP contribution in [0.4, 0.5) is 0 Å². The van der Waals surface area contributed by atoms with Crippen LogP contribution in [0.3, 0.4) is 0 Å². The number of nitrogens with zero attached hydrogens (tertiary/aromatic N) is 3. The van der Waals surface area contributed by atoms with E-state index in [0.29, 0.717) is 0 Å². The molecule has 0 bridgehead atoms. The Balaban J connectivity index is 0.000000371. The molecule has 0 saturated heterocycles. The van der Waals surface area contributed by atoms with E-state index < -0.39 is 0 Å². The van der Waals surface area contributed by atoms with Crippen LogP contribution < -0.4 is 0 Å². The summed E-state index contributed by atoms with van der Waals surface area (Å²) in [6.07, 6.45) is 3.89. The Morgan fingerprint density at radius 2 is 1.70 bits per heavy atom. The van der Waals surface area contributed by atoms with Crippen molar-refractivity contribution < 1.29 is 0 Å². The van der Waals surface area contributed by atoms with Gasteiger partial charge in [-0.15, -0.1) is 0 Å². The van der Waals surface area contributed by atoms with E-state index >= 15 is 0 Å². The lowest BCUT2D eigenvalue weighted by Crippen LogP contribution is -1.90. The van der Waals surface area contributed by atoms with Crippen molar-refractivity contribution in [3.63, 3.8) is 0 Å². The first-order valence-electron chi connectivity index (χ1n) is 3.54. The third-order valence-electron chi connectivity index (χ3n) is 0.863. The third-order valence-corrected chi connectivity index (χ3v) is 0.863. The molecule has 0 N–H and O–H groups in total. The minimum Gasteiger partial charge on any atom is -0.225 e. The summed E-state index contributed by atoms with van der Waals surface area (Å²) in [4.78, 5) is 11.4. The topological polar surface area (TPSA) is 38.7 Å². The molecule has 1 rings (SSSR count). The lowest BCUT2D eigenvalue weighted by molar-refractivity contribution is 0.896. The Kier molecular flexibility index (Phi) is 5.53. The molecule has 56 valence electrons. The van der Waals surface area contributed by atoms with Crippen molar-refractivity contribution in [3.05, 3.63) is 18.5 Å². The van der Waals surface area contributed by atoms with Crippen LogP contribution in [-0.2, 0) is 6.42 Å². The van der Waals surface area contributed by atoms with Crippen LogP contribution in [0.5, 0.6) is 0 Å². The van der Waals surface area contributed by atoms with Crippen molar-refractivity contribution in [2.24, 2.45) is 0 Å². The zero-order valence-electron chi connectivity index (χ0n) is 6.70. The number of rotatable bonds is 1. The molecule has 0 spiro atoms. The summed E-state index contributed by atoms with van der Waals surface area (Å²) >= 11 is 0. The molecule has 0 aliphatic heterocycles. The maximum atomic E-state index is 3.88. The highest BCUT2D eigenvalue weighted by Gasteiger charge is 1.84. The van der Waals surface area contributed by atoms with E-state index in [1.54, 1.807) is 0 Å². The quantitative estimate of drug-likeness (QED) is 0.591. The van der Waals surface area contributed by atoms with Crippen LogP contribution in [0.25, 0.3) is 0 Å². The lowest BCUT2D eigenvalue weighted by atomic mass is 10.5. The van der Waals surface area contributed by atoms with E-state index in [4.69, 9.17) is 0 Å². The first kappa shape index (κ1) is 9.01. The maximum Gasteiger partial charge on any atom is 0.131 e. The standard InChI is InChI=1S/C5H7N3.C2H6/c1-2-5-7-3-6-4-8-5;1-2/h3-4H,2H2,1H3;1-2H3. The number of aryl methyl sites for hydroxylation is 1. The van der Waals surface area contributed by atoms with Gasteiger partial charge in [-0.25, -0.2) is 15.0 Å². The highest BCUT2D eigenvalue weighted by Crippen LogP contribution is 1.82. The SMILES string of the molecule is CC.CCc1ncncn1. The number of aromatic nitrogens is 3. The van der Waals surface area contributed by atoms with Gasteiger partial charge in [0.2, 0.25) is 0 Å². The van der Waals surface area contributed by atoms with Crippen molar-refractivity contribution >= 4 is 0 Å². The predicted molar refractivity (Wildman–Crippen MR) is 40.6 cm³/mol. The van der Waals surface area contributed by atoms with E-state index in [2.05, 4.69) is 15.0 Å². The Morgan fingerprint density at radius 1 is 1.20 bits per heavy atom.